The van der Waals surface area contributed by atoms with Crippen LogP contribution in [-0.4, -0.2) is 35.2 Å². The zero-order valence-electron chi connectivity index (χ0n) is 19.9. The monoisotopic (exact) mass is 505 g/mol. The molecule has 11 heteroatoms. The van der Waals surface area contributed by atoms with Gasteiger partial charge in [-0.15, -0.1) is 0 Å². The number of nitro groups is 1. The van der Waals surface area contributed by atoms with Crippen molar-refractivity contribution in [3.05, 3.63) is 100 Å². The van der Waals surface area contributed by atoms with E-state index >= 15 is 0 Å². The number of methoxy groups -OCH3 is 1. The summed E-state index contributed by atoms with van der Waals surface area (Å²) in [6.45, 7) is 1.12. The van der Waals surface area contributed by atoms with Crippen molar-refractivity contribution in [2.75, 3.05) is 31.0 Å². The number of nitrogens with one attached hydrogen (secondary N) is 2. The molecule has 4 rings (SSSR count). The second kappa shape index (κ2) is 12.3. The van der Waals surface area contributed by atoms with Gasteiger partial charge >= 0.3 is 0 Å². The van der Waals surface area contributed by atoms with Crippen molar-refractivity contribution in [3.63, 3.8) is 0 Å². The maximum Gasteiger partial charge on any atom is 0.271 e. The molecule has 1 aromatic heterocycles. The Hall–Kier alpha value is -4.77. The van der Waals surface area contributed by atoms with Crippen LogP contribution in [0.15, 0.2) is 79.0 Å². The van der Waals surface area contributed by atoms with E-state index in [2.05, 4.69) is 20.6 Å². The van der Waals surface area contributed by atoms with Gasteiger partial charge < -0.3 is 24.8 Å². The van der Waals surface area contributed by atoms with Gasteiger partial charge in [-0.1, -0.05) is 30.3 Å². The number of anilines is 4. The van der Waals surface area contributed by atoms with Gasteiger partial charge in [0.15, 0.2) is 11.6 Å². The molecule has 0 amide bonds. The van der Waals surface area contributed by atoms with Gasteiger partial charge in [-0.05, 0) is 35.9 Å². The van der Waals surface area contributed by atoms with Crippen molar-refractivity contribution in [1.29, 1.82) is 0 Å². The Morgan fingerprint density at radius 2 is 1.76 bits per heavy atom. The summed E-state index contributed by atoms with van der Waals surface area (Å²) in [6.07, 6.45) is 1.00. The molecule has 0 atom stereocenters. The molecule has 0 aliphatic rings. The average Bonchev–Trinajstić information content (AvgIpc) is 2.91. The Labute approximate surface area is 212 Å². The molecule has 0 bridgehead atoms. The van der Waals surface area contributed by atoms with E-state index in [9.17, 15) is 14.5 Å². The predicted molar refractivity (Wildman–Crippen MR) is 136 cm³/mol. The highest BCUT2D eigenvalue weighted by Crippen LogP contribution is 2.33. The molecule has 2 N–H and O–H groups in total. The minimum Gasteiger partial charge on any atom is -0.491 e. The van der Waals surface area contributed by atoms with Crippen molar-refractivity contribution in [2.24, 2.45) is 0 Å². The third kappa shape index (κ3) is 7.12. The lowest BCUT2D eigenvalue weighted by molar-refractivity contribution is -0.384. The number of halogens is 1. The standard InChI is InChI=1S/C26H24FN5O5/c1-35-13-14-36-21-10-7-19(8-11-21)29-26-28-16-22(27)25(31-26)30-23-15-20(32(33)34)9-12-24(23)37-17-18-5-3-2-4-6-18/h2-12,15-16H,13-14,17H2,1H3,(H2,28,29,30,31). The SMILES string of the molecule is COCCOc1ccc(Nc2ncc(F)c(Nc3cc([N+](=O)[O-])ccc3OCc3ccccc3)n2)cc1. The molecule has 4 aromatic rings. The van der Waals surface area contributed by atoms with Crippen LogP contribution in [0, 0.1) is 15.9 Å². The van der Waals surface area contributed by atoms with Gasteiger partial charge in [-0.3, -0.25) is 10.1 Å². The van der Waals surface area contributed by atoms with Crippen molar-refractivity contribution >= 4 is 28.8 Å². The molecular formula is C26H24FN5O5. The van der Waals surface area contributed by atoms with Gasteiger partial charge in [0, 0.05) is 24.9 Å². The average molecular weight is 506 g/mol. The molecule has 3 aromatic carbocycles. The van der Waals surface area contributed by atoms with Crippen LogP contribution in [0.2, 0.25) is 0 Å². The number of benzene rings is 3. The Kier molecular flexibility index (Phi) is 8.40. The lowest BCUT2D eigenvalue weighted by Crippen LogP contribution is -2.06. The number of rotatable bonds is 12. The lowest BCUT2D eigenvalue weighted by atomic mass is 10.2. The summed E-state index contributed by atoms with van der Waals surface area (Å²) < 4.78 is 31.0. The van der Waals surface area contributed by atoms with Gasteiger partial charge in [-0.2, -0.15) is 4.98 Å². The third-order valence-corrected chi connectivity index (χ3v) is 5.07. The van der Waals surface area contributed by atoms with Crippen LogP contribution in [0.5, 0.6) is 11.5 Å². The van der Waals surface area contributed by atoms with Gasteiger partial charge in [0.1, 0.15) is 24.7 Å². The molecule has 0 aliphatic heterocycles. The summed E-state index contributed by atoms with van der Waals surface area (Å²) >= 11 is 0. The second-order valence-electron chi connectivity index (χ2n) is 7.72. The maximum absolute atomic E-state index is 14.6. The van der Waals surface area contributed by atoms with Gasteiger partial charge in [0.2, 0.25) is 5.95 Å². The van der Waals surface area contributed by atoms with E-state index in [1.54, 1.807) is 31.4 Å². The summed E-state index contributed by atoms with van der Waals surface area (Å²) in [7, 11) is 1.60. The number of nitro benzene ring substituents is 1. The van der Waals surface area contributed by atoms with E-state index < -0.39 is 10.7 Å². The van der Waals surface area contributed by atoms with Gasteiger partial charge in [0.05, 0.1) is 23.4 Å². The summed E-state index contributed by atoms with van der Waals surface area (Å²) in [5.74, 6) is 0.161. The number of nitrogens with zero attached hydrogens (tertiary/aromatic N) is 3. The Morgan fingerprint density at radius 3 is 2.49 bits per heavy atom. The molecule has 0 fully saturated rings. The number of aromatic nitrogens is 2. The molecule has 0 radical (unpaired) electrons. The number of non-ortho nitro benzene ring substituents is 1. The van der Waals surface area contributed by atoms with E-state index in [0.717, 1.165) is 11.8 Å². The summed E-state index contributed by atoms with van der Waals surface area (Å²) in [4.78, 5) is 19.0. The molecule has 0 spiro atoms. The lowest BCUT2D eigenvalue weighted by Gasteiger charge is -2.14. The predicted octanol–water partition coefficient (Wildman–Crippen LogP) is 5.62. The third-order valence-electron chi connectivity index (χ3n) is 5.07. The van der Waals surface area contributed by atoms with Gasteiger partial charge in [-0.25, -0.2) is 9.37 Å². The van der Waals surface area contributed by atoms with Crippen molar-refractivity contribution < 1.29 is 23.5 Å². The van der Waals surface area contributed by atoms with E-state index in [-0.39, 0.29) is 29.7 Å². The van der Waals surface area contributed by atoms with Crippen LogP contribution in [0.25, 0.3) is 0 Å². The molecule has 0 unspecified atom stereocenters. The van der Waals surface area contributed by atoms with Crippen LogP contribution in [-0.2, 0) is 11.3 Å². The fraction of sp³-hybridized carbons (Fsp3) is 0.154. The smallest absolute Gasteiger partial charge is 0.271 e. The van der Waals surface area contributed by atoms with Crippen LogP contribution in [0.1, 0.15) is 5.56 Å². The highest BCUT2D eigenvalue weighted by Gasteiger charge is 2.16. The first-order valence-corrected chi connectivity index (χ1v) is 11.3. The van der Waals surface area contributed by atoms with Gasteiger partial charge in [0.25, 0.3) is 5.69 Å². The van der Waals surface area contributed by atoms with E-state index in [1.807, 2.05) is 30.3 Å². The second-order valence-corrected chi connectivity index (χ2v) is 7.72. The molecular weight excluding hydrogens is 481 g/mol. The molecule has 0 saturated carbocycles. The first-order valence-electron chi connectivity index (χ1n) is 11.3. The topological polar surface area (TPSA) is 121 Å². The highest BCUT2D eigenvalue weighted by atomic mass is 19.1. The molecule has 1 heterocycles. The van der Waals surface area contributed by atoms with Crippen LogP contribution >= 0.6 is 0 Å². The fourth-order valence-corrected chi connectivity index (χ4v) is 3.24. The van der Waals surface area contributed by atoms with Crippen LogP contribution < -0.4 is 20.1 Å². The zero-order chi connectivity index (χ0) is 26.0. The fourth-order valence-electron chi connectivity index (χ4n) is 3.24. The molecule has 0 saturated heterocycles. The Bertz CT molecular complexity index is 1340. The van der Waals surface area contributed by atoms with Crippen molar-refractivity contribution in [1.82, 2.24) is 9.97 Å². The Balaban J connectivity index is 1.52. The maximum atomic E-state index is 14.6. The zero-order valence-corrected chi connectivity index (χ0v) is 19.9. The molecule has 37 heavy (non-hydrogen) atoms. The quantitative estimate of drug-likeness (QED) is 0.144. The first kappa shape index (κ1) is 25.3. The minimum absolute atomic E-state index is 0.120. The van der Waals surface area contributed by atoms with E-state index in [4.69, 9.17) is 14.2 Å². The summed E-state index contributed by atoms with van der Waals surface area (Å²) in [5.41, 5.74) is 1.56. The highest BCUT2D eigenvalue weighted by molar-refractivity contribution is 5.68. The molecule has 0 aliphatic carbocycles. The van der Waals surface area contributed by atoms with Crippen LogP contribution in [0.4, 0.5) is 33.2 Å². The largest absolute Gasteiger partial charge is 0.491 e. The number of hydrogen-bond acceptors (Lipinski definition) is 9. The van der Waals surface area contributed by atoms with Crippen LogP contribution in [0.3, 0.4) is 0 Å². The summed E-state index contributed by atoms with van der Waals surface area (Å²) in [6, 6.07) is 20.5. The van der Waals surface area contributed by atoms with E-state index in [0.29, 0.717) is 30.4 Å². The minimum atomic E-state index is -0.743. The molecule has 190 valence electrons. The molecule has 10 nitrogen and oxygen atoms in total. The Morgan fingerprint density at radius 1 is 0.973 bits per heavy atom. The first-order chi connectivity index (χ1) is 18.0. The normalized spacial score (nSPS) is 10.5. The number of hydrogen-bond donors (Lipinski definition) is 2. The summed E-state index contributed by atoms with van der Waals surface area (Å²) in [5, 5.41) is 17.1. The van der Waals surface area contributed by atoms with Crippen molar-refractivity contribution in [3.8, 4) is 11.5 Å². The number of ether oxygens (including phenoxy) is 3. The van der Waals surface area contributed by atoms with Crippen molar-refractivity contribution in [2.45, 2.75) is 6.61 Å². The van der Waals surface area contributed by atoms with E-state index in [1.165, 1.54) is 18.2 Å².